The molecule has 214 valence electrons. The lowest BCUT2D eigenvalue weighted by Crippen LogP contribution is -1.94. The van der Waals surface area contributed by atoms with E-state index in [1.165, 1.54) is 5.39 Å². The third-order valence-corrected chi connectivity index (χ3v) is 9.71. The number of furan rings is 2. The van der Waals surface area contributed by atoms with Crippen LogP contribution < -0.4 is 0 Å². The summed E-state index contributed by atoms with van der Waals surface area (Å²) in [5.41, 5.74) is 10.2. The minimum absolute atomic E-state index is 0.881. The van der Waals surface area contributed by atoms with Crippen LogP contribution in [0.25, 0.3) is 98.9 Å². The van der Waals surface area contributed by atoms with E-state index in [0.29, 0.717) is 0 Å². The number of para-hydroxylation sites is 5. The van der Waals surface area contributed by atoms with Crippen molar-refractivity contribution < 1.29 is 8.83 Å². The van der Waals surface area contributed by atoms with Gasteiger partial charge in [0.15, 0.2) is 5.58 Å². The van der Waals surface area contributed by atoms with E-state index >= 15 is 0 Å². The van der Waals surface area contributed by atoms with Crippen molar-refractivity contribution in [2.45, 2.75) is 0 Å². The summed E-state index contributed by atoms with van der Waals surface area (Å²) in [5, 5.41) is 9.05. The predicted molar refractivity (Wildman–Crippen MR) is 190 cm³/mol. The second kappa shape index (κ2) is 8.68. The third kappa shape index (κ3) is 2.98. The second-order valence-corrected chi connectivity index (χ2v) is 12.1. The zero-order valence-electron chi connectivity index (χ0n) is 24.6. The van der Waals surface area contributed by atoms with Crippen molar-refractivity contribution in [2.24, 2.45) is 0 Å². The molecule has 0 spiro atoms. The zero-order valence-corrected chi connectivity index (χ0v) is 24.6. The number of aromatic nitrogens is 2. The van der Waals surface area contributed by atoms with Crippen LogP contribution in [0.1, 0.15) is 0 Å². The first-order chi connectivity index (χ1) is 22.8. The van der Waals surface area contributed by atoms with Crippen molar-refractivity contribution in [3.8, 4) is 11.4 Å². The van der Waals surface area contributed by atoms with Crippen LogP contribution >= 0.6 is 0 Å². The first kappa shape index (κ1) is 24.1. The Kier molecular flexibility index (Phi) is 4.55. The van der Waals surface area contributed by atoms with Crippen LogP contribution in [0.3, 0.4) is 0 Å². The van der Waals surface area contributed by atoms with Gasteiger partial charge in [-0.05, 0) is 60.7 Å². The second-order valence-electron chi connectivity index (χ2n) is 12.1. The van der Waals surface area contributed by atoms with Gasteiger partial charge in [0.05, 0.1) is 38.5 Å². The van der Waals surface area contributed by atoms with Crippen LogP contribution in [-0.4, -0.2) is 9.13 Å². The molecule has 4 heterocycles. The molecule has 0 saturated heterocycles. The molecule has 0 atom stereocenters. The summed E-state index contributed by atoms with van der Waals surface area (Å²) in [6.45, 7) is 0. The van der Waals surface area contributed by atoms with E-state index in [0.717, 1.165) is 93.5 Å². The Morgan fingerprint density at radius 2 is 0.870 bits per heavy atom. The van der Waals surface area contributed by atoms with Gasteiger partial charge in [-0.3, -0.25) is 0 Å². The van der Waals surface area contributed by atoms with Gasteiger partial charge >= 0.3 is 0 Å². The Morgan fingerprint density at radius 3 is 1.59 bits per heavy atom. The molecular weight excluding hydrogens is 564 g/mol. The third-order valence-electron chi connectivity index (χ3n) is 9.71. The molecule has 0 fully saturated rings. The Labute approximate surface area is 261 Å². The van der Waals surface area contributed by atoms with E-state index in [1.54, 1.807) is 0 Å². The smallest absolute Gasteiger partial charge is 0.159 e. The van der Waals surface area contributed by atoms with Gasteiger partial charge < -0.3 is 18.0 Å². The Hall–Kier alpha value is -6.26. The molecule has 0 radical (unpaired) electrons. The molecule has 4 heteroatoms. The fourth-order valence-corrected chi connectivity index (χ4v) is 7.82. The van der Waals surface area contributed by atoms with Gasteiger partial charge in [-0.15, -0.1) is 0 Å². The highest BCUT2D eigenvalue weighted by atomic mass is 16.3. The summed E-state index contributed by atoms with van der Waals surface area (Å²) in [7, 11) is 0. The van der Waals surface area contributed by atoms with Gasteiger partial charge in [0.1, 0.15) is 16.7 Å². The van der Waals surface area contributed by atoms with Gasteiger partial charge in [-0.25, -0.2) is 0 Å². The number of fused-ring (bicyclic) bond motifs is 14. The van der Waals surface area contributed by atoms with Crippen molar-refractivity contribution in [1.82, 2.24) is 9.13 Å². The molecule has 0 saturated carbocycles. The number of rotatable bonds is 2. The summed E-state index contributed by atoms with van der Waals surface area (Å²) in [4.78, 5) is 0. The van der Waals surface area contributed by atoms with E-state index in [9.17, 15) is 0 Å². The number of hydrogen-bond acceptors (Lipinski definition) is 2. The number of hydrogen-bond donors (Lipinski definition) is 0. The van der Waals surface area contributed by atoms with E-state index < -0.39 is 0 Å². The summed E-state index contributed by atoms with van der Waals surface area (Å²) < 4.78 is 18.3. The van der Waals surface area contributed by atoms with Crippen LogP contribution in [0, 0.1) is 0 Å². The van der Waals surface area contributed by atoms with E-state index in [-0.39, 0.29) is 0 Å². The van der Waals surface area contributed by atoms with E-state index in [2.05, 4.69) is 143 Å². The molecule has 4 nitrogen and oxygen atoms in total. The average molecular weight is 589 g/mol. The quantitative estimate of drug-likeness (QED) is 0.201. The molecule has 4 aromatic heterocycles. The molecule has 0 aliphatic rings. The lowest BCUT2D eigenvalue weighted by atomic mass is 10.1. The topological polar surface area (TPSA) is 36.1 Å². The average Bonchev–Trinajstić information content (AvgIpc) is 3.86. The Balaban J connectivity index is 1.28. The van der Waals surface area contributed by atoms with Crippen LogP contribution in [0.4, 0.5) is 0 Å². The minimum atomic E-state index is 0.881. The van der Waals surface area contributed by atoms with Crippen LogP contribution in [0.5, 0.6) is 0 Å². The largest absolute Gasteiger partial charge is 0.455 e. The lowest BCUT2D eigenvalue weighted by Gasteiger charge is -2.08. The molecule has 0 aliphatic heterocycles. The minimum Gasteiger partial charge on any atom is -0.455 e. The maximum absolute atomic E-state index is 7.08. The molecule has 0 N–H and O–H groups in total. The molecule has 11 rings (SSSR count). The maximum atomic E-state index is 7.08. The van der Waals surface area contributed by atoms with Gasteiger partial charge in [0.25, 0.3) is 0 Å². The van der Waals surface area contributed by atoms with Crippen LogP contribution in [-0.2, 0) is 0 Å². The SMILES string of the molecule is c1ccc(-n2c3ccccc3c3c4oc5c(ccc6c5c5ccccc5n6-c5cccc6c5oc5ccccc56)c4ccc32)cc1. The van der Waals surface area contributed by atoms with Gasteiger partial charge in [0.2, 0.25) is 0 Å². The Bertz CT molecular complexity index is 3020. The molecule has 11 aromatic rings. The van der Waals surface area contributed by atoms with Gasteiger partial charge in [-0.1, -0.05) is 84.9 Å². The predicted octanol–water partition coefficient (Wildman–Crippen LogP) is 11.7. The molecule has 0 unspecified atom stereocenters. The van der Waals surface area contributed by atoms with Crippen LogP contribution in [0.2, 0.25) is 0 Å². The standard InChI is InChI=1S/C42H24N2O2/c1-2-11-25(12-3-1)43-32-17-7-4-14-30(32)38-34(43)23-21-28-29-22-24-35-39(42(29)46-41(28)38)31-15-5-8-18-33(31)44(35)36-19-10-16-27-26-13-6-9-20-37(26)45-40(27)36/h1-24H. The fourth-order valence-electron chi connectivity index (χ4n) is 7.82. The van der Waals surface area contributed by atoms with Crippen molar-refractivity contribution in [3.63, 3.8) is 0 Å². The molecule has 0 aliphatic carbocycles. The maximum Gasteiger partial charge on any atom is 0.159 e. The van der Waals surface area contributed by atoms with Gasteiger partial charge in [-0.2, -0.15) is 0 Å². The van der Waals surface area contributed by atoms with Crippen LogP contribution in [0.15, 0.2) is 154 Å². The fraction of sp³-hybridized carbons (Fsp3) is 0. The first-order valence-electron chi connectivity index (χ1n) is 15.6. The summed E-state index contributed by atoms with van der Waals surface area (Å²) >= 11 is 0. The highest BCUT2D eigenvalue weighted by Gasteiger charge is 2.23. The van der Waals surface area contributed by atoms with Crippen molar-refractivity contribution >= 4 is 87.5 Å². The summed E-state index contributed by atoms with van der Waals surface area (Å²) in [6, 6.07) is 51.4. The van der Waals surface area contributed by atoms with E-state index in [1.807, 2.05) is 12.1 Å². The number of nitrogens with zero attached hydrogens (tertiary/aromatic N) is 2. The summed E-state index contributed by atoms with van der Waals surface area (Å²) in [6.07, 6.45) is 0. The summed E-state index contributed by atoms with van der Waals surface area (Å²) in [5.74, 6) is 0. The normalized spacial score (nSPS) is 12.3. The highest BCUT2D eigenvalue weighted by molar-refractivity contribution is 6.29. The molecular formula is C42H24N2O2. The molecule has 0 amide bonds. The number of benzene rings is 7. The van der Waals surface area contributed by atoms with E-state index in [4.69, 9.17) is 8.83 Å². The molecule has 0 bridgehead atoms. The van der Waals surface area contributed by atoms with Gasteiger partial charge in [0, 0.05) is 38.0 Å². The highest BCUT2D eigenvalue weighted by Crippen LogP contribution is 2.45. The Morgan fingerprint density at radius 1 is 0.326 bits per heavy atom. The molecule has 7 aromatic carbocycles. The van der Waals surface area contributed by atoms with Crippen molar-refractivity contribution in [3.05, 3.63) is 146 Å². The van der Waals surface area contributed by atoms with Crippen molar-refractivity contribution in [2.75, 3.05) is 0 Å². The molecule has 46 heavy (non-hydrogen) atoms. The lowest BCUT2D eigenvalue weighted by molar-refractivity contribution is 0.666. The van der Waals surface area contributed by atoms with Crippen molar-refractivity contribution in [1.29, 1.82) is 0 Å². The first-order valence-corrected chi connectivity index (χ1v) is 15.6. The monoisotopic (exact) mass is 588 g/mol. The zero-order chi connectivity index (χ0) is 29.9.